The van der Waals surface area contributed by atoms with Crippen LogP contribution in [0.4, 0.5) is 16.5 Å². The van der Waals surface area contributed by atoms with E-state index in [0.717, 1.165) is 18.0 Å². The molecule has 2 aromatic rings. The maximum atomic E-state index is 12.3. The number of benzene rings is 1. The summed E-state index contributed by atoms with van der Waals surface area (Å²) in [6, 6.07) is 6.56. The van der Waals surface area contributed by atoms with Crippen molar-refractivity contribution in [1.29, 1.82) is 0 Å². The zero-order valence-corrected chi connectivity index (χ0v) is 14.4. The fraction of sp³-hybridized carbons (Fsp3) is 0.357. The van der Waals surface area contributed by atoms with Crippen LogP contribution in [0.2, 0.25) is 0 Å². The first-order valence-corrected chi connectivity index (χ1v) is 9.03. The van der Waals surface area contributed by atoms with Gasteiger partial charge in [0.2, 0.25) is 11.0 Å². The Kier molecular flexibility index (Phi) is 4.95. The quantitative estimate of drug-likeness (QED) is 0.440. The fourth-order valence-electron chi connectivity index (χ4n) is 1.90. The molecule has 1 amide bonds. The van der Waals surface area contributed by atoms with Gasteiger partial charge in [0, 0.05) is 12.1 Å². The van der Waals surface area contributed by atoms with Crippen molar-refractivity contribution in [2.24, 2.45) is 0 Å². The van der Waals surface area contributed by atoms with Crippen LogP contribution >= 0.6 is 23.1 Å². The maximum Gasteiger partial charge on any atom is 0.292 e. The van der Waals surface area contributed by atoms with Crippen LogP contribution in [0.15, 0.2) is 28.6 Å². The number of nitrogens with one attached hydrogen (secondary N) is 2. The number of hydrogen-bond acceptors (Lipinski definition) is 8. The Morgan fingerprint density at radius 2 is 2.17 bits per heavy atom. The molecule has 1 aromatic carbocycles. The number of nitro benzene ring substituents is 1. The third-order valence-corrected chi connectivity index (χ3v) is 5.36. The summed E-state index contributed by atoms with van der Waals surface area (Å²) in [5.41, 5.74) is 0.0585. The Balaban J connectivity index is 1.60. The molecule has 1 aliphatic rings. The van der Waals surface area contributed by atoms with Crippen molar-refractivity contribution in [2.75, 3.05) is 10.6 Å². The Morgan fingerprint density at radius 3 is 2.88 bits per heavy atom. The van der Waals surface area contributed by atoms with E-state index in [1.807, 2.05) is 0 Å². The summed E-state index contributed by atoms with van der Waals surface area (Å²) in [5, 5.41) is 25.2. The lowest BCUT2D eigenvalue weighted by atomic mass is 10.2. The van der Waals surface area contributed by atoms with Gasteiger partial charge < -0.3 is 10.6 Å². The summed E-state index contributed by atoms with van der Waals surface area (Å²) in [6.07, 6.45) is 2.30. The second kappa shape index (κ2) is 7.14. The van der Waals surface area contributed by atoms with E-state index >= 15 is 0 Å². The predicted octanol–water partition coefficient (Wildman–Crippen LogP) is 3.14. The average molecular weight is 365 g/mol. The van der Waals surface area contributed by atoms with Gasteiger partial charge in [-0.15, -0.1) is 10.2 Å². The first-order chi connectivity index (χ1) is 11.5. The number of carbonyl (C=O) groups excluding carboxylic acids is 1. The number of nitro groups is 1. The zero-order valence-electron chi connectivity index (χ0n) is 12.8. The highest BCUT2D eigenvalue weighted by molar-refractivity contribution is 8.02. The molecule has 0 unspecified atom stereocenters. The number of hydrogen-bond donors (Lipinski definition) is 2. The Hall–Kier alpha value is -2.20. The van der Waals surface area contributed by atoms with Crippen molar-refractivity contribution in [3.8, 4) is 0 Å². The summed E-state index contributed by atoms with van der Waals surface area (Å²) in [4.78, 5) is 22.7. The number of rotatable bonds is 7. The minimum atomic E-state index is -0.520. The number of amides is 1. The molecule has 8 nitrogen and oxygen atoms in total. The van der Waals surface area contributed by atoms with E-state index in [4.69, 9.17) is 0 Å². The van der Waals surface area contributed by atoms with Crippen molar-refractivity contribution in [3.05, 3.63) is 34.4 Å². The number of carbonyl (C=O) groups is 1. The fourth-order valence-corrected chi connectivity index (χ4v) is 3.87. The average Bonchev–Trinajstić information content (AvgIpc) is 3.26. The molecule has 1 aromatic heterocycles. The second-order valence-electron chi connectivity index (χ2n) is 5.32. The van der Waals surface area contributed by atoms with Crippen molar-refractivity contribution >= 4 is 45.5 Å². The molecular formula is C14H15N5O3S2. The Labute approximate surface area is 146 Å². The van der Waals surface area contributed by atoms with Gasteiger partial charge in [0.1, 0.15) is 5.69 Å². The molecule has 0 bridgehead atoms. The number of anilines is 2. The molecule has 1 saturated carbocycles. The lowest BCUT2D eigenvalue weighted by Crippen LogP contribution is -2.22. The van der Waals surface area contributed by atoms with Gasteiger partial charge in [-0.1, -0.05) is 35.2 Å². The molecule has 24 heavy (non-hydrogen) atoms. The lowest BCUT2D eigenvalue weighted by molar-refractivity contribution is -0.383. The number of nitrogens with zero attached hydrogens (tertiary/aromatic N) is 3. The van der Waals surface area contributed by atoms with Crippen molar-refractivity contribution in [3.63, 3.8) is 0 Å². The van der Waals surface area contributed by atoms with Gasteiger partial charge in [0.25, 0.3) is 5.69 Å². The largest absolute Gasteiger partial charge is 0.357 e. The van der Waals surface area contributed by atoms with Crippen LogP contribution in [-0.4, -0.2) is 32.3 Å². The van der Waals surface area contributed by atoms with Crippen molar-refractivity contribution in [1.82, 2.24) is 10.2 Å². The van der Waals surface area contributed by atoms with E-state index in [0.29, 0.717) is 10.4 Å². The van der Waals surface area contributed by atoms with Crippen LogP contribution in [0, 0.1) is 10.1 Å². The van der Waals surface area contributed by atoms with Gasteiger partial charge in [0.05, 0.1) is 10.2 Å². The Morgan fingerprint density at radius 1 is 1.42 bits per heavy atom. The van der Waals surface area contributed by atoms with Crippen LogP contribution in [-0.2, 0) is 4.79 Å². The van der Waals surface area contributed by atoms with Gasteiger partial charge in [0.15, 0.2) is 4.34 Å². The van der Waals surface area contributed by atoms with Gasteiger partial charge in [-0.25, -0.2) is 0 Å². The van der Waals surface area contributed by atoms with Gasteiger partial charge >= 0.3 is 0 Å². The normalized spacial score (nSPS) is 14.9. The highest BCUT2D eigenvalue weighted by Gasteiger charge is 2.24. The zero-order chi connectivity index (χ0) is 17.1. The van der Waals surface area contributed by atoms with E-state index in [1.165, 1.54) is 35.2 Å². The smallest absolute Gasteiger partial charge is 0.292 e. The molecule has 1 atom stereocenters. The first-order valence-electron chi connectivity index (χ1n) is 7.34. The summed E-state index contributed by atoms with van der Waals surface area (Å²) < 4.78 is 0.684. The molecule has 0 saturated heterocycles. The van der Waals surface area contributed by atoms with E-state index in [1.54, 1.807) is 19.1 Å². The summed E-state index contributed by atoms with van der Waals surface area (Å²) in [7, 11) is 0. The molecule has 0 spiro atoms. The molecule has 1 heterocycles. The third kappa shape index (κ3) is 4.20. The SMILES string of the molecule is C[C@H](Sc1nnc(NC2CC2)s1)C(=O)Nc1ccccc1[N+](=O)[O-]. The standard InChI is InChI=1S/C14H15N5O3S2/c1-8(23-14-18-17-13(24-14)15-9-6-7-9)12(20)16-10-4-2-3-5-11(10)19(21)22/h2-5,8-9H,6-7H2,1H3,(H,15,17)(H,16,20)/t8-/m0/s1. The topological polar surface area (TPSA) is 110 Å². The van der Waals surface area contributed by atoms with Crippen molar-refractivity contribution in [2.45, 2.75) is 35.4 Å². The molecule has 126 valence electrons. The van der Waals surface area contributed by atoms with Crippen LogP contribution in [0.5, 0.6) is 0 Å². The highest BCUT2D eigenvalue weighted by Crippen LogP contribution is 2.32. The number of aromatic nitrogens is 2. The highest BCUT2D eigenvalue weighted by atomic mass is 32.2. The van der Waals surface area contributed by atoms with E-state index in [2.05, 4.69) is 20.8 Å². The minimum absolute atomic E-state index is 0.130. The van der Waals surface area contributed by atoms with E-state index in [9.17, 15) is 14.9 Å². The van der Waals surface area contributed by atoms with E-state index in [-0.39, 0.29) is 17.3 Å². The minimum Gasteiger partial charge on any atom is -0.357 e. The van der Waals surface area contributed by atoms with Crippen LogP contribution in [0.25, 0.3) is 0 Å². The Bertz CT molecular complexity index is 762. The second-order valence-corrected chi connectivity index (χ2v) is 7.88. The number of thioether (sulfide) groups is 1. The van der Waals surface area contributed by atoms with Crippen LogP contribution in [0.1, 0.15) is 19.8 Å². The molecule has 0 aliphatic heterocycles. The monoisotopic (exact) mass is 365 g/mol. The first kappa shape index (κ1) is 16.7. The molecule has 0 radical (unpaired) electrons. The summed E-state index contributed by atoms with van der Waals surface area (Å²) in [6.45, 7) is 1.73. The molecule has 3 rings (SSSR count). The third-order valence-electron chi connectivity index (χ3n) is 3.32. The number of para-hydroxylation sites is 2. The van der Waals surface area contributed by atoms with Crippen LogP contribution in [0.3, 0.4) is 0 Å². The summed E-state index contributed by atoms with van der Waals surface area (Å²) in [5.74, 6) is -0.318. The summed E-state index contributed by atoms with van der Waals surface area (Å²) >= 11 is 2.68. The molecule has 10 heteroatoms. The van der Waals surface area contributed by atoms with Crippen molar-refractivity contribution < 1.29 is 9.72 Å². The van der Waals surface area contributed by atoms with E-state index < -0.39 is 10.2 Å². The van der Waals surface area contributed by atoms with Crippen LogP contribution < -0.4 is 10.6 Å². The van der Waals surface area contributed by atoms with Gasteiger partial charge in [-0.2, -0.15) is 0 Å². The maximum absolute atomic E-state index is 12.3. The van der Waals surface area contributed by atoms with Gasteiger partial charge in [-0.3, -0.25) is 14.9 Å². The molecular weight excluding hydrogens is 350 g/mol. The van der Waals surface area contributed by atoms with Gasteiger partial charge in [-0.05, 0) is 25.8 Å². The molecule has 1 aliphatic carbocycles. The molecule has 1 fully saturated rings. The predicted molar refractivity (Wildman–Crippen MR) is 93.6 cm³/mol. The lowest BCUT2D eigenvalue weighted by Gasteiger charge is -2.10. The molecule has 2 N–H and O–H groups in total.